The van der Waals surface area contributed by atoms with Crippen molar-refractivity contribution in [3.05, 3.63) is 101 Å². The van der Waals surface area contributed by atoms with E-state index in [1.54, 1.807) is 42.5 Å². The van der Waals surface area contributed by atoms with Crippen molar-refractivity contribution in [2.24, 2.45) is 5.14 Å². The van der Waals surface area contributed by atoms with Crippen LogP contribution >= 0.6 is 0 Å². The Morgan fingerprint density at radius 3 is 2.12 bits per heavy atom. The zero-order chi connectivity index (χ0) is 24.7. The number of nitrogens with one attached hydrogen (secondary N) is 1. The minimum absolute atomic E-state index is 0.00772. The molecule has 0 aliphatic rings. The van der Waals surface area contributed by atoms with Gasteiger partial charge >= 0.3 is 5.97 Å². The Hall–Kier alpha value is -3.82. The van der Waals surface area contributed by atoms with Crippen LogP contribution in [-0.2, 0) is 26.0 Å². The molecule has 0 fully saturated rings. The summed E-state index contributed by atoms with van der Waals surface area (Å²) in [7, 11) is -3.76. The van der Waals surface area contributed by atoms with Crippen molar-refractivity contribution in [3.8, 4) is 0 Å². The summed E-state index contributed by atoms with van der Waals surface area (Å²) < 4.78 is 27.7. The number of carbonyl (C=O) groups is 3. The maximum atomic E-state index is 12.8. The van der Waals surface area contributed by atoms with Gasteiger partial charge in [0.25, 0.3) is 5.91 Å². The van der Waals surface area contributed by atoms with Gasteiger partial charge in [0.15, 0.2) is 12.4 Å². The molecule has 0 aliphatic carbocycles. The van der Waals surface area contributed by atoms with Gasteiger partial charge in [-0.25, -0.2) is 18.4 Å². The molecule has 0 radical (unpaired) electrons. The van der Waals surface area contributed by atoms with Gasteiger partial charge in [-0.1, -0.05) is 60.2 Å². The number of nitrogens with two attached hydrogens (primary N) is 1. The maximum absolute atomic E-state index is 12.8. The lowest BCUT2D eigenvalue weighted by atomic mass is 9.98. The molecule has 0 atom stereocenters. The van der Waals surface area contributed by atoms with Gasteiger partial charge < -0.3 is 10.1 Å². The summed E-state index contributed by atoms with van der Waals surface area (Å²) in [6.45, 7) is 1.67. The topological polar surface area (TPSA) is 133 Å². The summed E-state index contributed by atoms with van der Waals surface area (Å²) in [5.74, 6) is -1.59. The van der Waals surface area contributed by atoms with Crippen LogP contribution in [0.1, 0.15) is 37.4 Å². The third kappa shape index (κ3) is 6.60. The lowest BCUT2D eigenvalue weighted by Gasteiger charge is -2.10. The Bertz CT molecular complexity index is 1300. The van der Waals surface area contributed by atoms with Gasteiger partial charge in [-0.2, -0.15) is 0 Å². The number of esters is 1. The molecule has 0 aliphatic heterocycles. The molecule has 0 saturated heterocycles. The number of sulfonamides is 1. The molecule has 176 valence electrons. The molecule has 3 aromatic rings. The number of ether oxygens (including phenoxy) is 1. The maximum Gasteiger partial charge on any atom is 0.339 e. The Morgan fingerprint density at radius 1 is 0.882 bits per heavy atom. The zero-order valence-electron chi connectivity index (χ0n) is 18.5. The molecular weight excluding hydrogens is 456 g/mol. The second kappa shape index (κ2) is 10.9. The first-order valence-electron chi connectivity index (χ1n) is 10.4. The highest BCUT2D eigenvalue weighted by atomic mass is 32.2. The number of benzene rings is 3. The molecule has 0 bridgehead atoms. The first-order valence-corrected chi connectivity index (χ1v) is 12.0. The van der Waals surface area contributed by atoms with E-state index >= 15 is 0 Å². The van der Waals surface area contributed by atoms with Gasteiger partial charge in [0, 0.05) is 17.7 Å². The molecule has 0 aromatic heterocycles. The van der Waals surface area contributed by atoms with Crippen molar-refractivity contribution >= 4 is 27.7 Å². The van der Waals surface area contributed by atoms with Gasteiger partial charge in [-0.15, -0.1) is 0 Å². The zero-order valence-corrected chi connectivity index (χ0v) is 19.3. The van der Waals surface area contributed by atoms with Gasteiger partial charge in [0.2, 0.25) is 10.0 Å². The van der Waals surface area contributed by atoms with Crippen molar-refractivity contribution in [1.82, 2.24) is 5.32 Å². The monoisotopic (exact) mass is 480 g/mol. The van der Waals surface area contributed by atoms with Crippen molar-refractivity contribution in [2.75, 3.05) is 13.2 Å². The number of primary sulfonamides is 1. The fourth-order valence-corrected chi connectivity index (χ4v) is 3.69. The second-order valence-electron chi connectivity index (χ2n) is 7.61. The molecule has 0 spiro atoms. The molecule has 9 heteroatoms. The summed E-state index contributed by atoms with van der Waals surface area (Å²) >= 11 is 0. The molecule has 8 nitrogen and oxygen atoms in total. The fourth-order valence-electron chi connectivity index (χ4n) is 3.17. The third-order valence-corrected chi connectivity index (χ3v) is 5.96. The van der Waals surface area contributed by atoms with Gasteiger partial charge in [0.1, 0.15) is 0 Å². The van der Waals surface area contributed by atoms with E-state index in [1.165, 1.54) is 18.2 Å². The van der Waals surface area contributed by atoms with Crippen LogP contribution in [0.5, 0.6) is 0 Å². The van der Waals surface area contributed by atoms with E-state index < -0.39 is 28.5 Å². The van der Waals surface area contributed by atoms with E-state index in [2.05, 4.69) is 5.32 Å². The van der Waals surface area contributed by atoms with E-state index in [4.69, 9.17) is 9.88 Å². The van der Waals surface area contributed by atoms with E-state index in [0.717, 1.165) is 11.1 Å². The normalized spacial score (nSPS) is 11.0. The van der Waals surface area contributed by atoms with Crippen LogP contribution in [0.4, 0.5) is 0 Å². The molecule has 3 N–H and O–H groups in total. The van der Waals surface area contributed by atoms with Crippen molar-refractivity contribution in [1.29, 1.82) is 0 Å². The number of amides is 1. The minimum Gasteiger partial charge on any atom is -0.452 e. The van der Waals surface area contributed by atoms with Gasteiger partial charge in [0.05, 0.1) is 10.5 Å². The Morgan fingerprint density at radius 2 is 1.50 bits per heavy atom. The smallest absolute Gasteiger partial charge is 0.339 e. The van der Waals surface area contributed by atoms with Crippen LogP contribution in [0.25, 0.3) is 0 Å². The molecule has 0 saturated carbocycles. The highest BCUT2D eigenvalue weighted by molar-refractivity contribution is 7.89. The molecule has 0 heterocycles. The summed E-state index contributed by atoms with van der Waals surface area (Å²) in [6, 6.07) is 19.3. The molecular formula is C25H24N2O6S. The Balaban J connectivity index is 1.53. The second-order valence-corrected chi connectivity index (χ2v) is 9.17. The summed E-state index contributed by atoms with van der Waals surface area (Å²) in [6.07, 6.45) is 0.443. The number of ketones is 1. The van der Waals surface area contributed by atoms with Crippen LogP contribution in [-0.4, -0.2) is 39.2 Å². The van der Waals surface area contributed by atoms with E-state index in [9.17, 15) is 22.8 Å². The summed E-state index contributed by atoms with van der Waals surface area (Å²) in [4.78, 5) is 37.5. The van der Waals surface area contributed by atoms with Crippen molar-refractivity contribution in [3.63, 3.8) is 0 Å². The number of hydrogen-bond acceptors (Lipinski definition) is 6. The average Bonchev–Trinajstić information content (AvgIpc) is 2.82. The van der Waals surface area contributed by atoms with E-state index in [0.29, 0.717) is 12.0 Å². The summed E-state index contributed by atoms with van der Waals surface area (Å²) in [5.41, 5.74) is 2.53. The van der Waals surface area contributed by atoms with Crippen LogP contribution in [0, 0.1) is 6.92 Å². The van der Waals surface area contributed by atoms with Crippen LogP contribution in [0.2, 0.25) is 0 Å². The van der Waals surface area contributed by atoms with Crippen molar-refractivity contribution < 1.29 is 27.5 Å². The number of hydrogen-bond donors (Lipinski definition) is 2. The van der Waals surface area contributed by atoms with Crippen LogP contribution < -0.4 is 10.5 Å². The molecule has 1 amide bonds. The first kappa shape index (κ1) is 24.8. The lowest BCUT2D eigenvalue weighted by molar-refractivity contribution is -0.124. The molecule has 3 aromatic carbocycles. The molecule has 34 heavy (non-hydrogen) atoms. The largest absolute Gasteiger partial charge is 0.452 e. The number of aryl methyl sites for hydroxylation is 1. The van der Waals surface area contributed by atoms with Crippen LogP contribution in [0.3, 0.4) is 0 Å². The van der Waals surface area contributed by atoms with Gasteiger partial charge in [-0.05, 0) is 37.1 Å². The summed E-state index contributed by atoms with van der Waals surface area (Å²) in [5, 5.41) is 7.69. The minimum atomic E-state index is -3.76. The van der Waals surface area contributed by atoms with Crippen LogP contribution in [0.15, 0.2) is 77.7 Å². The highest BCUT2D eigenvalue weighted by Crippen LogP contribution is 2.16. The molecule has 3 rings (SSSR count). The van der Waals surface area contributed by atoms with Gasteiger partial charge in [-0.3, -0.25) is 9.59 Å². The Kier molecular flexibility index (Phi) is 7.93. The fraction of sp³-hybridized carbons (Fsp3) is 0.160. The third-order valence-electron chi connectivity index (χ3n) is 5.03. The SMILES string of the molecule is Cc1ccc(C(=O)c2ccccc2C(=O)OCC(=O)NCCc2ccc(S(N)(=O)=O)cc2)cc1. The van der Waals surface area contributed by atoms with Crippen molar-refractivity contribution in [2.45, 2.75) is 18.2 Å². The number of carbonyl (C=O) groups excluding carboxylic acids is 3. The lowest BCUT2D eigenvalue weighted by Crippen LogP contribution is -2.30. The predicted molar refractivity (Wildman–Crippen MR) is 126 cm³/mol. The average molecular weight is 481 g/mol. The standard InChI is InChI=1S/C25H24N2O6S/c1-17-6-10-19(11-7-17)24(29)21-4-2-3-5-22(21)25(30)33-16-23(28)27-15-14-18-8-12-20(13-9-18)34(26,31)32/h2-13H,14-16H2,1H3,(H,27,28)(H2,26,31,32). The Labute approximate surface area is 197 Å². The predicted octanol–water partition coefficient (Wildman–Crippen LogP) is 2.39. The van der Waals surface area contributed by atoms with E-state index in [1.807, 2.05) is 19.1 Å². The quantitative estimate of drug-likeness (QED) is 0.357. The highest BCUT2D eigenvalue weighted by Gasteiger charge is 2.20. The first-order chi connectivity index (χ1) is 16.1. The molecule has 0 unspecified atom stereocenters. The number of rotatable bonds is 9. The van der Waals surface area contributed by atoms with E-state index in [-0.39, 0.29) is 28.4 Å².